The Bertz CT molecular complexity index is 491. The van der Waals surface area contributed by atoms with Crippen LogP contribution in [0.15, 0.2) is 12.1 Å². The lowest BCUT2D eigenvalue weighted by Crippen LogP contribution is -2.32. The third-order valence-electron chi connectivity index (χ3n) is 2.54. The second-order valence-electron chi connectivity index (χ2n) is 4.01. The van der Waals surface area contributed by atoms with Crippen LogP contribution < -0.4 is 0 Å². The third kappa shape index (κ3) is 3.07. The molecular formula is C14H15F2NO. The number of benzene rings is 1. The maximum absolute atomic E-state index is 13.6. The van der Waals surface area contributed by atoms with Crippen molar-refractivity contribution in [1.82, 2.24) is 4.90 Å². The first kappa shape index (κ1) is 14.2. The number of hydrogen-bond donors (Lipinski definition) is 0. The Morgan fingerprint density at radius 1 is 1.39 bits per heavy atom. The molecule has 0 aromatic heterocycles. The Balaban J connectivity index is 3.09. The zero-order chi connectivity index (χ0) is 13.7. The van der Waals surface area contributed by atoms with Gasteiger partial charge in [-0.05, 0) is 25.0 Å². The molecular weight excluding hydrogens is 236 g/mol. The number of aryl methyl sites for hydroxylation is 1. The number of carbonyl (C=O) groups is 1. The molecule has 18 heavy (non-hydrogen) atoms. The van der Waals surface area contributed by atoms with Crippen molar-refractivity contribution in [1.29, 1.82) is 0 Å². The topological polar surface area (TPSA) is 20.3 Å². The van der Waals surface area contributed by atoms with Crippen LogP contribution in [0.3, 0.4) is 0 Å². The van der Waals surface area contributed by atoms with Crippen LogP contribution in [0.5, 0.6) is 0 Å². The normalized spacial score (nSPS) is 9.94. The average Bonchev–Trinajstić information content (AvgIpc) is 2.33. The molecule has 0 N–H and O–H groups in total. The highest BCUT2D eigenvalue weighted by Gasteiger charge is 2.19. The second-order valence-corrected chi connectivity index (χ2v) is 4.01. The van der Waals surface area contributed by atoms with E-state index in [4.69, 9.17) is 6.42 Å². The predicted octanol–water partition coefficient (Wildman–Crippen LogP) is 2.76. The Hall–Kier alpha value is -1.89. The van der Waals surface area contributed by atoms with Crippen molar-refractivity contribution in [2.75, 3.05) is 13.1 Å². The van der Waals surface area contributed by atoms with Crippen LogP contribution >= 0.6 is 0 Å². The lowest BCUT2D eigenvalue weighted by atomic mass is 10.1. The van der Waals surface area contributed by atoms with E-state index in [2.05, 4.69) is 5.92 Å². The summed E-state index contributed by atoms with van der Waals surface area (Å²) in [6, 6.07) is 1.94. The van der Waals surface area contributed by atoms with Gasteiger partial charge >= 0.3 is 0 Å². The van der Waals surface area contributed by atoms with Crippen LogP contribution in [0, 0.1) is 30.9 Å². The molecule has 0 aliphatic rings. The van der Waals surface area contributed by atoms with Gasteiger partial charge in [-0.2, -0.15) is 0 Å². The summed E-state index contributed by atoms with van der Waals surface area (Å²) >= 11 is 0. The van der Waals surface area contributed by atoms with Gasteiger partial charge in [-0.25, -0.2) is 8.78 Å². The quantitative estimate of drug-likeness (QED) is 0.753. The minimum atomic E-state index is -0.860. The highest BCUT2D eigenvalue weighted by molar-refractivity contribution is 5.94. The molecule has 96 valence electrons. The highest BCUT2D eigenvalue weighted by atomic mass is 19.1. The average molecular weight is 251 g/mol. The summed E-state index contributed by atoms with van der Waals surface area (Å²) in [7, 11) is 0. The number of carbonyl (C=O) groups excluding carboxylic acids is 1. The summed E-state index contributed by atoms with van der Waals surface area (Å²) in [5.74, 6) is 0.329. The molecule has 1 aromatic rings. The van der Waals surface area contributed by atoms with Crippen molar-refractivity contribution in [2.24, 2.45) is 0 Å². The smallest absolute Gasteiger partial charge is 0.257 e. The van der Waals surface area contributed by atoms with Gasteiger partial charge in [0.1, 0.15) is 11.6 Å². The van der Waals surface area contributed by atoms with E-state index in [0.29, 0.717) is 6.54 Å². The van der Waals surface area contributed by atoms with E-state index >= 15 is 0 Å². The SMILES string of the molecule is C#CCN(CCC)C(=O)c1cc(C)c(F)cc1F. The van der Waals surface area contributed by atoms with Gasteiger partial charge in [0.05, 0.1) is 12.1 Å². The molecule has 0 saturated heterocycles. The van der Waals surface area contributed by atoms with Crippen molar-refractivity contribution in [3.8, 4) is 12.3 Å². The second kappa shape index (κ2) is 6.15. The number of nitrogens with zero attached hydrogens (tertiary/aromatic N) is 1. The van der Waals surface area contributed by atoms with Crippen LogP contribution in [-0.2, 0) is 0 Å². The lowest BCUT2D eigenvalue weighted by Gasteiger charge is -2.20. The fourth-order valence-corrected chi connectivity index (χ4v) is 1.62. The van der Waals surface area contributed by atoms with Crippen molar-refractivity contribution >= 4 is 5.91 Å². The van der Waals surface area contributed by atoms with Crippen molar-refractivity contribution < 1.29 is 13.6 Å². The first-order valence-corrected chi connectivity index (χ1v) is 5.69. The molecule has 1 rings (SSSR count). The van der Waals surface area contributed by atoms with E-state index in [-0.39, 0.29) is 17.7 Å². The highest BCUT2D eigenvalue weighted by Crippen LogP contribution is 2.16. The monoisotopic (exact) mass is 251 g/mol. The van der Waals surface area contributed by atoms with Crippen molar-refractivity contribution in [3.05, 3.63) is 34.9 Å². The molecule has 0 fully saturated rings. The number of rotatable bonds is 4. The van der Waals surface area contributed by atoms with E-state index in [1.165, 1.54) is 17.9 Å². The van der Waals surface area contributed by atoms with Crippen LogP contribution in [0.25, 0.3) is 0 Å². The van der Waals surface area contributed by atoms with Gasteiger partial charge in [-0.3, -0.25) is 4.79 Å². The van der Waals surface area contributed by atoms with E-state index in [1.807, 2.05) is 6.92 Å². The Morgan fingerprint density at radius 2 is 2.06 bits per heavy atom. The largest absolute Gasteiger partial charge is 0.327 e. The standard InChI is InChI=1S/C14H15F2NO/c1-4-6-17(7-5-2)14(18)11-8-10(3)12(15)9-13(11)16/h1,8-9H,5-7H2,2-3H3. The number of amides is 1. The zero-order valence-electron chi connectivity index (χ0n) is 10.5. The first-order chi connectivity index (χ1) is 8.51. The molecule has 0 unspecified atom stereocenters. The molecule has 0 saturated carbocycles. The zero-order valence-corrected chi connectivity index (χ0v) is 10.5. The molecule has 0 atom stereocenters. The minimum absolute atomic E-state index is 0.114. The Labute approximate surface area is 106 Å². The summed E-state index contributed by atoms with van der Waals surface area (Å²) in [6.45, 7) is 3.93. The van der Waals surface area contributed by atoms with Crippen LogP contribution in [0.4, 0.5) is 8.78 Å². The maximum Gasteiger partial charge on any atom is 0.257 e. The van der Waals surface area contributed by atoms with Gasteiger partial charge in [0.2, 0.25) is 0 Å². The summed E-state index contributed by atoms with van der Waals surface area (Å²) < 4.78 is 26.7. The van der Waals surface area contributed by atoms with Gasteiger partial charge in [0, 0.05) is 12.6 Å². The summed E-state index contributed by atoms with van der Waals surface area (Å²) in [6.07, 6.45) is 5.89. The maximum atomic E-state index is 13.6. The number of hydrogen-bond acceptors (Lipinski definition) is 1. The van der Waals surface area contributed by atoms with E-state index in [1.54, 1.807) is 0 Å². The number of halogens is 2. The van der Waals surface area contributed by atoms with E-state index < -0.39 is 17.5 Å². The fraction of sp³-hybridized carbons (Fsp3) is 0.357. The van der Waals surface area contributed by atoms with Gasteiger partial charge < -0.3 is 4.90 Å². The molecule has 1 amide bonds. The van der Waals surface area contributed by atoms with Gasteiger partial charge in [-0.15, -0.1) is 6.42 Å². The van der Waals surface area contributed by atoms with Gasteiger partial charge in [-0.1, -0.05) is 12.8 Å². The summed E-state index contributed by atoms with van der Waals surface area (Å²) in [5.41, 5.74) is 0.0921. The summed E-state index contributed by atoms with van der Waals surface area (Å²) in [4.78, 5) is 13.4. The molecule has 0 aliphatic carbocycles. The van der Waals surface area contributed by atoms with Gasteiger partial charge in [0.15, 0.2) is 0 Å². The summed E-state index contributed by atoms with van der Waals surface area (Å²) in [5, 5.41) is 0. The molecule has 0 spiro atoms. The van der Waals surface area contributed by atoms with Crippen LogP contribution in [-0.4, -0.2) is 23.9 Å². The van der Waals surface area contributed by atoms with E-state index in [0.717, 1.165) is 12.5 Å². The molecule has 0 aliphatic heterocycles. The molecule has 4 heteroatoms. The number of terminal acetylenes is 1. The Kier molecular flexibility index (Phi) is 4.85. The molecule has 0 heterocycles. The fourth-order valence-electron chi connectivity index (χ4n) is 1.62. The molecule has 0 bridgehead atoms. The van der Waals surface area contributed by atoms with Crippen LogP contribution in [0.1, 0.15) is 29.3 Å². The van der Waals surface area contributed by atoms with E-state index in [9.17, 15) is 13.6 Å². The Morgan fingerprint density at radius 3 is 2.61 bits per heavy atom. The minimum Gasteiger partial charge on any atom is -0.327 e. The van der Waals surface area contributed by atoms with Crippen LogP contribution in [0.2, 0.25) is 0 Å². The third-order valence-corrected chi connectivity index (χ3v) is 2.54. The predicted molar refractivity (Wildman–Crippen MR) is 66.1 cm³/mol. The lowest BCUT2D eigenvalue weighted by molar-refractivity contribution is 0.0772. The molecule has 2 nitrogen and oxygen atoms in total. The van der Waals surface area contributed by atoms with Gasteiger partial charge in [0.25, 0.3) is 5.91 Å². The molecule has 1 aromatic carbocycles. The van der Waals surface area contributed by atoms with Crippen molar-refractivity contribution in [2.45, 2.75) is 20.3 Å². The molecule has 0 radical (unpaired) electrons. The van der Waals surface area contributed by atoms with Crippen molar-refractivity contribution in [3.63, 3.8) is 0 Å². The first-order valence-electron chi connectivity index (χ1n) is 5.69.